The first-order chi connectivity index (χ1) is 11.2. The van der Waals surface area contributed by atoms with Crippen LogP contribution < -0.4 is 10.1 Å². The molecule has 2 nitrogen and oxygen atoms in total. The first-order valence-electron chi connectivity index (χ1n) is 8.10. The highest BCUT2D eigenvalue weighted by molar-refractivity contribution is 6.35. The summed E-state index contributed by atoms with van der Waals surface area (Å²) < 4.78 is 5.99. The van der Waals surface area contributed by atoms with Crippen molar-refractivity contribution in [1.29, 1.82) is 0 Å². The molecule has 0 spiro atoms. The highest BCUT2D eigenvalue weighted by atomic mass is 35.5. The maximum atomic E-state index is 6.21. The van der Waals surface area contributed by atoms with Crippen molar-refractivity contribution < 1.29 is 4.74 Å². The lowest BCUT2D eigenvalue weighted by Crippen LogP contribution is -2.25. The number of hydrogen-bond acceptors (Lipinski definition) is 2. The number of hydrogen-bond donors (Lipinski definition) is 1. The van der Waals surface area contributed by atoms with E-state index in [4.69, 9.17) is 27.9 Å². The van der Waals surface area contributed by atoms with Crippen LogP contribution in [0.3, 0.4) is 0 Å². The van der Waals surface area contributed by atoms with Crippen LogP contribution in [0.5, 0.6) is 5.75 Å². The molecule has 3 rings (SSSR count). The molecule has 1 aliphatic carbocycles. The van der Waals surface area contributed by atoms with Gasteiger partial charge in [-0.15, -0.1) is 0 Å². The molecule has 0 radical (unpaired) electrons. The monoisotopic (exact) mass is 349 g/mol. The Kier molecular flexibility index (Phi) is 5.82. The number of benzene rings is 2. The molecule has 0 amide bonds. The fourth-order valence-electron chi connectivity index (χ4n) is 2.97. The molecule has 1 saturated carbocycles. The topological polar surface area (TPSA) is 21.3 Å². The van der Waals surface area contributed by atoms with E-state index in [1.807, 2.05) is 30.3 Å². The third-order valence-corrected chi connectivity index (χ3v) is 4.89. The fourth-order valence-corrected chi connectivity index (χ4v) is 3.43. The predicted octanol–water partition coefficient (Wildman–Crippen LogP) is 5.60. The Hall–Kier alpha value is -1.22. The van der Waals surface area contributed by atoms with Crippen molar-refractivity contribution in [3.63, 3.8) is 0 Å². The van der Waals surface area contributed by atoms with Crippen LogP contribution in [0.2, 0.25) is 10.0 Å². The molecule has 0 aromatic heterocycles. The lowest BCUT2D eigenvalue weighted by molar-refractivity contribution is 0.301. The van der Waals surface area contributed by atoms with Crippen LogP contribution in [-0.2, 0) is 13.2 Å². The zero-order valence-corrected chi connectivity index (χ0v) is 14.5. The molecule has 4 heteroatoms. The molecular formula is C19H21Cl2NO. The summed E-state index contributed by atoms with van der Waals surface area (Å²) in [5, 5.41) is 4.91. The van der Waals surface area contributed by atoms with Gasteiger partial charge in [0.15, 0.2) is 0 Å². The van der Waals surface area contributed by atoms with Gasteiger partial charge in [-0.1, -0.05) is 60.3 Å². The van der Waals surface area contributed by atoms with Gasteiger partial charge in [-0.25, -0.2) is 0 Å². The summed E-state index contributed by atoms with van der Waals surface area (Å²) in [5.74, 6) is 0.906. The van der Waals surface area contributed by atoms with Gasteiger partial charge < -0.3 is 10.1 Å². The maximum Gasteiger partial charge on any atom is 0.124 e. The highest BCUT2D eigenvalue weighted by Gasteiger charge is 2.14. The summed E-state index contributed by atoms with van der Waals surface area (Å²) >= 11 is 12.1. The summed E-state index contributed by atoms with van der Waals surface area (Å²) in [6, 6.07) is 14.3. The van der Waals surface area contributed by atoms with Gasteiger partial charge in [-0.05, 0) is 31.0 Å². The quantitative estimate of drug-likeness (QED) is 0.732. The number of rotatable bonds is 6. The molecule has 0 unspecified atom stereocenters. The molecule has 2 aromatic rings. The average Bonchev–Trinajstić information content (AvgIpc) is 3.06. The van der Waals surface area contributed by atoms with E-state index in [9.17, 15) is 0 Å². The maximum absolute atomic E-state index is 6.21. The van der Waals surface area contributed by atoms with E-state index in [2.05, 4.69) is 11.4 Å². The van der Waals surface area contributed by atoms with E-state index in [1.54, 1.807) is 6.07 Å². The molecule has 0 saturated heterocycles. The largest absolute Gasteiger partial charge is 0.489 e. The first kappa shape index (κ1) is 16.6. The second-order valence-electron chi connectivity index (χ2n) is 5.99. The van der Waals surface area contributed by atoms with Gasteiger partial charge in [-0.3, -0.25) is 0 Å². The van der Waals surface area contributed by atoms with Crippen LogP contribution in [0, 0.1) is 0 Å². The van der Waals surface area contributed by atoms with E-state index >= 15 is 0 Å². The lowest BCUT2D eigenvalue weighted by atomic mass is 10.1. The van der Waals surface area contributed by atoms with E-state index in [-0.39, 0.29) is 0 Å². The van der Waals surface area contributed by atoms with Crippen molar-refractivity contribution >= 4 is 23.2 Å². The molecule has 2 aromatic carbocycles. The minimum Gasteiger partial charge on any atom is -0.489 e. The van der Waals surface area contributed by atoms with E-state index < -0.39 is 0 Å². The number of halogens is 2. The van der Waals surface area contributed by atoms with Crippen molar-refractivity contribution in [3.05, 3.63) is 63.6 Å². The molecule has 0 aliphatic heterocycles. The second kappa shape index (κ2) is 8.05. The Morgan fingerprint density at radius 3 is 2.57 bits per heavy atom. The van der Waals surface area contributed by atoms with Crippen molar-refractivity contribution in [2.75, 3.05) is 0 Å². The zero-order chi connectivity index (χ0) is 16.1. The fraction of sp³-hybridized carbons (Fsp3) is 0.368. The molecule has 0 bridgehead atoms. The second-order valence-corrected chi connectivity index (χ2v) is 6.84. The van der Waals surface area contributed by atoms with E-state index in [0.29, 0.717) is 22.7 Å². The predicted molar refractivity (Wildman–Crippen MR) is 96.3 cm³/mol. The average molecular weight is 350 g/mol. The van der Waals surface area contributed by atoms with Crippen LogP contribution in [0.25, 0.3) is 0 Å². The standard InChI is InChI=1S/C19H21Cl2NO/c20-16-10-9-15(18(21)11-16)13-23-19-8-4-1-5-14(19)12-22-17-6-2-3-7-17/h1,4-5,8-11,17,22H,2-3,6-7,12-13H2. The van der Waals surface area contributed by atoms with Crippen LogP contribution in [0.4, 0.5) is 0 Å². The third kappa shape index (κ3) is 4.63. The number of nitrogens with one attached hydrogen (secondary N) is 1. The van der Waals surface area contributed by atoms with Gasteiger partial charge in [0.2, 0.25) is 0 Å². The summed E-state index contributed by atoms with van der Waals surface area (Å²) in [4.78, 5) is 0. The normalized spacial score (nSPS) is 15.0. The Balaban J connectivity index is 1.62. The van der Waals surface area contributed by atoms with Crippen molar-refractivity contribution in [2.45, 2.75) is 44.9 Å². The number of para-hydroxylation sites is 1. The van der Waals surface area contributed by atoms with E-state index in [0.717, 1.165) is 17.9 Å². The third-order valence-electron chi connectivity index (χ3n) is 4.31. The molecule has 1 fully saturated rings. The van der Waals surface area contributed by atoms with Crippen molar-refractivity contribution in [2.24, 2.45) is 0 Å². The van der Waals surface area contributed by atoms with Gasteiger partial charge in [0.25, 0.3) is 0 Å². The minimum atomic E-state index is 0.441. The Labute approximate surface area is 147 Å². The number of ether oxygens (including phenoxy) is 1. The summed E-state index contributed by atoms with van der Waals surface area (Å²) in [5.41, 5.74) is 2.12. The molecule has 1 aliphatic rings. The van der Waals surface area contributed by atoms with Crippen LogP contribution in [-0.4, -0.2) is 6.04 Å². The molecule has 122 valence electrons. The summed E-state index contributed by atoms with van der Waals surface area (Å²) in [7, 11) is 0. The minimum absolute atomic E-state index is 0.441. The lowest BCUT2D eigenvalue weighted by Gasteiger charge is -2.15. The smallest absolute Gasteiger partial charge is 0.124 e. The Morgan fingerprint density at radius 2 is 1.78 bits per heavy atom. The summed E-state index contributed by atoms with van der Waals surface area (Å²) in [6.07, 6.45) is 5.24. The molecule has 0 atom stereocenters. The molecule has 0 heterocycles. The van der Waals surface area contributed by atoms with Gasteiger partial charge in [0, 0.05) is 33.8 Å². The zero-order valence-electron chi connectivity index (χ0n) is 13.0. The first-order valence-corrected chi connectivity index (χ1v) is 8.86. The van der Waals surface area contributed by atoms with Gasteiger partial charge >= 0.3 is 0 Å². The molecule has 1 N–H and O–H groups in total. The Morgan fingerprint density at radius 1 is 1.00 bits per heavy atom. The highest BCUT2D eigenvalue weighted by Crippen LogP contribution is 2.25. The Bertz CT molecular complexity index is 654. The van der Waals surface area contributed by atoms with Crippen LogP contribution >= 0.6 is 23.2 Å². The van der Waals surface area contributed by atoms with Gasteiger partial charge in [-0.2, -0.15) is 0 Å². The van der Waals surface area contributed by atoms with Crippen LogP contribution in [0.15, 0.2) is 42.5 Å². The summed E-state index contributed by atoms with van der Waals surface area (Å²) in [6.45, 7) is 1.28. The van der Waals surface area contributed by atoms with Gasteiger partial charge in [0.1, 0.15) is 12.4 Å². The van der Waals surface area contributed by atoms with Crippen molar-refractivity contribution in [3.8, 4) is 5.75 Å². The molecule has 23 heavy (non-hydrogen) atoms. The SMILES string of the molecule is Clc1ccc(COc2ccccc2CNC2CCCC2)c(Cl)c1. The van der Waals surface area contributed by atoms with Crippen LogP contribution in [0.1, 0.15) is 36.8 Å². The van der Waals surface area contributed by atoms with Gasteiger partial charge in [0.05, 0.1) is 0 Å². The molecular weight excluding hydrogens is 329 g/mol. The van der Waals surface area contributed by atoms with Crippen molar-refractivity contribution in [1.82, 2.24) is 5.32 Å². The van der Waals surface area contributed by atoms with E-state index in [1.165, 1.54) is 31.2 Å².